The Kier molecular flexibility index (Phi) is 2.81. The first-order valence-electron chi connectivity index (χ1n) is 6.37. The third-order valence-corrected chi connectivity index (χ3v) is 3.68. The van der Waals surface area contributed by atoms with Gasteiger partial charge >= 0.3 is 5.97 Å². The van der Waals surface area contributed by atoms with Crippen LogP contribution >= 0.6 is 0 Å². The minimum Gasteiger partial charge on any atom is -0.481 e. The molecule has 5 heteroatoms. The minimum absolute atomic E-state index is 0.341. The number of hydrogen-bond donors (Lipinski definition) is 1. The first-order chi connectivity index (χ1) is 9.16. The van der Waals surface area contributed by atoms with Crippen LogP contribution in [-0.4, -0.2) is 25.8 Å². The molecule has 98 valence electrons. The van der Waals surface area contributed by atoms with Crippen LogP contribution in [0.1, 0.15) is 17.8 Å². The van der Waals surface area contributed by atoms with E-state index in [1.54, 1.807) is 0 Å². The minimum atomic E-state index is -0.741. The zero-order chi connectivity index (χ0) is 13.4. The van der Waals surface area contributed by atoms with Crippen LogP contribution in [0.2, 0.25) is 0 Å². The predicted octanol–water partition coefficient (Wildman–Crippen LogP) is 1.90. The Bertz CT molecular complexity index is 633. The molecule has 1 aliphatic rings. The van der Waals surface area contributed by atoms with Gasteiger partial charge in [0.2, 0.25) is 0 Å². The molecule has 0 bridgehead atoms. The SMILES string of the molecule is Cc1ccccc1-c1nnc2n1CC(C(=O)O)CC2. The number of fused-ring (bicyclic) bond motifs is 1. The molecular formula is C14H15N3O2. The lowest BCUT2D eigenvalue weighted by molar-refractivity contribution is -0.142. The summed E-state index contributed by atoms with van der Waals surface area (Å²) in [4.78, 5) is 11.1. The van der Waals surface area contributed by atoms with Gasteiger partial charge in [-0.05, 0) is 18.9 Å². The van der Waals surface area contributed by atoms with Gasteiger partial charge in [-0.25, -0.2) is 0 Å². The lowest BCUT2D eigenvalue weighted by atomic mass is 9.99. The highest BCUT2D eigenvalue weighted by atomic mass is 16.4. The van der Waals surface area contributed by atoms with Crippen LogP contribution in [0.25, 0.3) is 11.4 Å². The number of benzene rings is 1. The molecule has 0 radical (unpaired) electrons. The standard InChI is InChI=1S/C14H15N3O2/c1-9-4-2-3-5-11(9)13-16-15-12-7-6-10(14(18)19)8-17(12)13/h2-5,10H,6-8H2,1H3,(H,18,19). The smallest absolute Gasteiger partial charge is 0.308 e. The Morgan fingerprint density at radius 3 is 2.89 bits per heavy atom. The molecule has 1 aromatic carbocycles. The van der Waals surface area contributed by atoms with E-state index >= 15 is 0 Å². The summed E-state index contributed by atoms with van der Waals surface area (Å²) in [5.41, 5.74) is 2.14. The average Bonchev–Trinajstić information content (AvgIpc) is 2.82. The predicted molar refractivity (Wildman–Crippen MR) is 69.6 cm³/mol. The normalized spacial score (nSPS) is 18.1. The fraction of sp³-hybridized carbons (Fsp3) is 0.357. The number of hydrogen-bond acceptors (Lipinski definition) is 3. The van der Waals surface area contributed by atoms with Crippen LogP contribution in [0.5, 0.6) is 0 Å². The second kappa shape index (κ2) is 4.50. The van der Waals surface area contributed by atoms with Gasteiger partial charge in [0.25, 0.3) is 0 Å². The fourth-order valence-corrected chi connectivity index (χ4v) is 2.55. The highest BCUT2D eigenvalue weighted by Gasteiger charge is 2.27. The number of rotatable bonds is 2. The zero-order valence-corrected chi connectivity index (χ0v) is 10.7. The molecule has 1 aromatic heterocycles. The zero-order valence-electron chi connectivity index (χ0n) is 10.7. The van der Waals surface area contributed by atoms with Gasteiger partial charge < -0.3 is 9.67 Å². The number of nitrogens with zero attached hydrogens (tertiary/aromatic N) is 3. The van der Waals surface area contributed by atoms with Crippen LogP contribution in [0.4, 0.5) is 0 Å². The molecule has 1 atom stereocenters. The Balaban J connectivity index is 2.04. The Hall–Kier alpha value is -2.17. The topological polar surface area (TPSA) is 68.0 Å². The second-order valence-corrected chi connectivity index (χ2v) is 4.94. The number of carboxylic acid groups (broad SMARTS) is 1. The van der Waals surface area contributed by atoms with Crippen LogP contribution < -0.4 is 0 Å². The maximum atomic E-state index is 11.1. The molecule has 0 saturated carbocycles. The summed E-state index contributed by atoms with van der Waals surface area (Å²) in [5.74, 6) is 0.580. The van der Waals surface area contributed by atoms with E-state index in [1.807, 2.05) is 35.8 Å². The van der Waals surface area contributed by atoms with Crippen molar-refractivity contribution in [2.45, 2.75) is 26.3 Å². The van der Waals surface area contributed by atoms with E-state index in [9.17, 15) is 4.79 Å². The molecule has 0 aliphatic carbocycles. The van der Waals surface area contributed by atoms with Crippen LogP contribution in [0, 0.1) is 12.8 Å². The number of aryl methyl sites for hydroxylation is 2. The van der Waals surface area contributed by atoms with Crippen molar-refractivity contribution >= 4 is 5.97 Å². The van der Waals surface area contributed by atoms with Crippen molar-refractivity contribution in [1.82, 2.24) is 14.8 Å². The van der Waals surface area contributed by atoms with Crippen molar-refractivity contribution in [2.24, 2.45) is 5.92 Å². The van der Waals surface area contributed by atoms with E-state index in [-0.39, 0.29) is 5.92 Å². The van der Waals surface area contributed by atoms with Gasteiger partial charge in [-0.15, -0.1) is 10.2 Å². The molecule has 5 nitrogen and oxygen atoms in total. The summed E-state index contributed by atoms with van der Waals surface area (Å²) < 4.78 is 1.95. The van der Waals surface area contributed by atoms with Gasteiger partial charge in [-0.2, -0.15) is 0 Å². The fourth-order valence-electron chi connectivity index (χ4n) is 2.55. The van der Waals surface area contributed by atoms with Crippen molar-refractivity contribution in [1.29, 1.82) is 0 Å². The molecule has 19 heavy (non-hydrogen) atoms. The maximum absolute atomic E-state index is 11.1. The molecule has 2 heterocycles. The van der Waals surface area contributed by atoms with Crippen molar-refractivity contribution in [2.75, 3.05) is 0 Å². The number of aliphatic carboxylic acids is 1. The maximum Gasteiger partial charge on any atom is 0.308 e. The molecule has 0 amide bonds. The van der Waals surface area contributed by atoms with Gasteiger partial charge in [0.15, 0.2) is 5.82 Å². The highest BCUT2D eigenvalue weighted by Crippen LogP contribution is 2.27. The number of carboxylic acids is 1. The van der Waals surface area contributed by atoms with Crippen LogP contribution in [-0.2, 0) is 17.8 Å². The van der Waals surface area contributed by atoms with E-state index in [0.717, 1.165) is 22.8 Å². The Labute approximate surface area is 110 Å². The van der Waals surface area contributed by atoms with E-state index < -0.39 is 5.97 Å². The molecule has 2 aromatic rings. The van der Waals surface area contributed by atoms with E-state index in [2.05, 4.69) is 10.2 Å². The van der Waals surface area contributed by atoms with Gasteiger partial charge in [0, 0.05) is 18.5 Å². The number of carbonyl (C=O) groups is 1. The summed E-state index contributed by atoms with van der Waals surface area (Å²) in [7, 11) is 0. The summed E-state index contributed by atoms with van der Waals surface area (Å²) in [6.45, 7) is 2.48. The lowest BCUT2D eigenvalue weighted by Crippen LogP contribution is -2.27. The molecule has 0 saturated heterocycles. The van der Waals surface area contributed by atoms with Gasteiger partial charge in [-0.3, -0.25) is 4.79 Å². The summed E-state index contributed by atoms with van der Waals surface area (Å²) >= 11 is 0. The number of aromatic nitrogens is 3. The molecule has 0 spiro atoms. The van der Waals surface area contributed by atoms with Gasteiger partial charge in [-0.1, -0.05) is 24.3 Å². The summed E-state index contributed by atoms with van der Waals surface area (Å²) in [5, 5.41) is 17.6. The second-order valence-electron chi connectivity index (χ2n) is 4.94. The average molecular weight is 257 g/mol. The van der Waals surface area contributed by atoms with E-state index in [0.29, 0.717) is 19.4 Å². The van der Waals surface area contributed by atoms with Gasteiger partial charge in [0.05, 0.1) is 5.92 Å². The van der Waals surface area contributed by atoms with E-state index in [4.69, 9.17) is 5.11 Å². The van der Waals surface area contributed by atoms with Crippen molar-refractivity contribution in [3.63, 3.8) is 0 Å². The molecular weight excluding hydrogens is 242 g/mol. The lowest BCUT2D eigenvalue weighted by Gasteiger charge is -2.21. The van der Waals surface area contributed by atoms with Crippen molar-refractivity contribution in [3.8, 4) is 11.4 Å². The highest BCUT2D eigenvalue weighted by molar-refractivity contribution is 5.70. The first-order valence-corrected chi connectivity index (χ1v) is 6.37. The van der Waals surface area contributed by atoms with Crippen molar-refractivity contribution in [3.05, 3.63) is 35.7 Å². The molecule has 1 unspecified atom stereocenters. The molecule has 3 rings (SSSR count). The Morgan fingerprint density at radius 1 is 1.37 bits per heavy atom. The Morgan fingerprint density at radius 2 is 2.16 bits per heavy atom. The third kappa shape index (κ3) is 2.01. The largest absolute Gasteiger partial charge is 0.481 e. The monoisotopic (exact) mass is 257 g/mol. The van der Waals surface area contributed by atoms with Crippen LogP contribution in [0.15, 0.2) is 24.3 Å². The van der Waals surface area contributed by atoms with Gasteiger partial charge in [0.1, 0.15) is 5.82 Å². The molecule has 0 fully saturated rings. The van der Waals surface area contributed by atoms with Crippen molar-refractivity contribution < 1.29 is 9.90 Å². The quantitative estimate of drug-likeness (QED) is 0.892. The molecule has 1 N–H and O–H groups in total. The molecule has 1 aliphatic heterocycles. The van der Waals surface area contributed by atoms with E-state index in [1.165, 1.54) is 0 Å². The first kappa shape index (κ1) is 11.9. The summed E-state index contributed by atoms with van der Waals surface area (Å²) in [6, 6.07) is 7.96. The van der Waals surface area contributed by atoms with Crippen LogP contribution in [0.3, 0.4) is 0 Å². The third-order valence-electron chi connectivity index (χ3n) is 3.68. The summed E-state index contributed by atoms with van der Waals surface area (Å²) in [6.07, 6.45) is 1.32.